The lowest BCUT2D eigenvalue weighted by atomic mass is 10.0. The van der Waals surface area contributed by atoms with Crippen molar-refractivity contribution in [2.45, 2.75) is 40.5 Å². The van der Waals surface area contributed by atoms with E-state index in [2.05, 4.69) is 0 Å². The average Bonchev–Trinajstić information content (AvgIpc) is 3.49. The van der Waals surface area contributed by atoms with Crippen LogP contribution in [0, 0.1) is 27.7 Å². The molecule has 0 radical (unpaired) electrons. The summed E-state index contributed by atoms with van der Waals surface area (Å²) in [4.78, 5) is 47.3. The molecule has 8 nitrogen and oxygen atoms in total. The highest BCUT2D eigenvalue weighted by molar-refractivity contribution is 6.10. The highest BCUT2D eigenvalue weighted by Crippen LogP contribution is 2.35. The Morgan fingerprint density at radius 1 is 0.800 bits per heavy atom. The van der Waals surface area contributed by atoms with E-state index in [4.69, 9.17) is 9.84 Å². The first kappa shape index (κ1) is 28.3. The van der Waals surface area contributed by atoms with Gasteiger partial charge in [0.15, 0.2) is 5.75 Å². The van der Waals surface area contributed by atoms with Crippen LogP contribution in [-0.2, 0) is 36.5 Å². The number of aliphatic carboxylic acids is 1. The van der Waals surface area contributed by atoms with Crippen molar-refractivity contribution in [3.05, 3.63) is 111 Å². The van der Waals surface area contributed by atoms with Gasteiger partial charge in [-0.2, -0.15) is 0 Å². The SMILES string of the molecule is Cc1ccc(C(=O)c2c(C)c3c(n2C)CC(=O)O3)cc1.Cc1ccc(C(=O)c2c(C)cc(CC(=O)O)n2C)cc1. The van der Waals surface area contributed by atoms with Gasteiger partial charge in [-0.05, 0) is 39.3 Å². The van der Waals surface area contributed by atoms with Crippen LogP contribution in [-0.4, -0.2) is 37.7 Å². The summed E-state index contributed by atoms with van der Waals surface area (Å²) in [7, 11) is 3.53. The molecular formula is C32H32N2O6. The number of carboxylic acids is 1. The van der Waals surface area contributed by atoms with E-state index in [1.807, 2.05) is 64.1 Å². The Balaban J connectivity index is 0.000000185. The zero-order valence-corrected chi connectivity index (χ0v) is 23.5. The molecule has 0 unspecified atom stereocenters. The fourth-order valence-electron chi connectivity index (χ4n) is 4.97. The molecule has 0 aliphatic carbocycles. The number of ketones is 2. The first-order valence-electron chi connectivity index (χ1n) is 12.9. The van der Waals surface area contributed by atoms with Gasteiger partial charge in [0.1, 0.15) is 0 Å². The Hall–Kier alpha value is -4.72. The minimum atomic E-state index is -0.903. The molecule has 0 bridgehead atoms. The Kier molecular flexibility index (Phi) is 7.91. The number of benzene rings is 2. The number of rotatable bonds is 6. The standard InChI is InChI=1S/C16H15NO3.C16H17NO3/c1-9-4-6-11(7-5-9)15(19)14-10(2)16-12(17(14)3)8-13(18)20-16;1-10-4-6-12(7-5-10)16(20)15-11(2)8-13(17(15)3)9-14(18)19/h4-7H,8H2,1-3H3;4-8H,9H2,1-3H3,(H,18,19). The second kappa shape index (κ2) is 11.2. The van der Waals surface area contributed by atoms with Gasteiger partial charge in [-0.3, -0.25) is 19.2 Å². The lowest BCUT2D eigenvalue weighted by molar-refractivity contribution is -0.136. The number of aromatic nitrogens is 2. The Bertz CT molecular complexity index is 1600. The van der Waals surface area contributed by atoms with Gasteiger partial charge in [-0.1, -0.05) is 59.7 Å². The summed E-state index contributed by atoms with van der Waals surface area (Å²) < 4.78 is 8.64. The largest absolute Gasteiger partial charge is 0.481 e. The van der Waals surface area contributed by atoms with Crippen molar-refractivity contribution in [1.82, 2.24) is 9.13 Å². The number of carbonyl (C=O) groups is 4. The maximum atomic E-state index is 12.6. The molecule has 40 heavy (non-hydrogen) atoms. The Morgan fingerprint density at radius 3 is 1.77 bits per heavy atom. The van der Waals surface area contributed by atoms with Crippen LogP contribution >= 0.6 is 0 Å². The van der Waals surface area contributed by atoms with Gasteiger partial charge >= 0.3 is 11.9 Å². The highest BCUT2D eigenvalue weighted by atomic mass is 16.5. The molecule has 0 spiro atoms. The first-order chi connectivity index (χ1) is 18.9. The number of ether oxygens (including phenoxy) is 1. The van der Waals surface area contributed by atoms with Crippen molar-refractivity contribution in [2.75, 3.05) is 0 Å². The van der Waals surface area contributed by atoms with E-state index in [9.17, 15) is 19.2 Å². The van der Waals surface area contributed by atoms with Gasteiger partial charge in [0.05, 0.1) is 29.9 Å². The molecular weight excluding hydrogens is 508 g/mol. The third kappa shape index (κ3) is 5.52. The lowest BCUT2D eigenvalue weighted by Gasteiger charge is -2.07. The number of fused-ring (bicyclic) bond motifs is 1. The van der Waals surface area contributed by atoms with Crippen LogP contribution < -0.4 is 4.74 Å². The first-order valence-corrected chi connectivity index (χ1v) is 12.9. The summed E-state index contributed by atoms with van der Waals surface area (Å²) in [6.07, 6.45) is 0.145. The molecule has 0 atom stereocenters. The number of carbonyl (C=O) groups excluding carboxylic acids is 3. The smallest absolute Gasteiger partial charge is 0.317 e. The van der Waals surface area contributed by atoms with Crippen molar-refractivity contribution in [3.8, 4) is 5.75 Å². The zero-order valence-electron chi connectivity index (χ0n) is 23.5. The number of nitrogens with zero attached hydrogens (tertiary/aromatic N) is 2. The fraction of sp³-hybridized carbons (Fsp3) is 0.250. The number of esters is 1. The van der Waals surface area contributed by atoms with Crippen LogP contribution in [0.5, 0.6) is 5.75 Å². The van der Waals surface area contributed by atoms with Crippen molar-refractivity contribution in [1.29, 1.82) is 0 Å². The maximum Gasteiger partial charge on any atom is 0.317 e. The van der Waals surface area contributed by atoms with E-state index < -0.39 is 5.97 Å². The van der Waals surface area contributed by atoms with Gasteiger partial charge in [-0.25, -0.2) is 0 Å². The topological polar surface area (TPSA) is 108 Å². The predicted molar refractivity (Wildman–Crippen MR) is 150 cm³/mol. The quantitative estimate of drug-likeness (QED) is 0.277. The molecule has 2 aromatic heterocycles. The third-order valence-electron chi connectivity index (χ3n) is 7.14. The minimum Gasteiger partial charge on any atom is -0.481 e. The fourth-order valence-corrected chi connectivity index (χ4v) is 4.97. The molecule has 1 aliphatic heterocycles. The average molecular weight is 541 g/mol. The van der Waals surface area contributed by atoms with Crippen molar-refractivity contribution in [3.63, 3.8) is 0 Å². The van der Waals surface area contributed by atoms with Crippen molar-refractivity contribution < 1.29 is 29.0 Å². The van der Waals surface area contributed by atoms with E-state index in [1.165, 1.54) is 0 Å². The van der Waals surface area contributed by atoms with Crippen LogP contribution in [0.2, 0.25) is 0 Å². The van der Waals surface area contributed by atoms with Crippen LogP contribution in [0.4, 0.5) is 0 Å². The molecule has 0 amide bonds. The molecule has 8 heteroatoms. The van der Waals surface area contributed by atoms with Crippen molar-refractivity contribution >= 4 is 23.5 Å². The molecule has 0 saturated carbocycles. The van der Waals surface area contributed by atoms with E-state index in [1.54, 1.807) is 41.4 Å². The molecule has 0 saturated heterocycles. The summed E-state index contributed by atoms with van der Waals surface area (Å²) >= 11 is 0. The van der Waals surface area contributed by atoms with Crippen LogP contribution in [0.3, 0.4) is 0 Å². The monoisotopic (exact) mass is 540 g/mol. The van der Waals surface area contributed by atoms with E-state index in [0.29, 0.717) is 34.0 Å². The van der Waals surface area contributed by atoms with Crippen LogP contribution in [0.25, 0.3) is 0 Å². The zero-order chi connectivity index (χ0) is 29.3. The minimum absolute atomic E-state index is 0.0459. The normalized spacial score (nSPS) is 11.9. The number of aryl methyl sites for hydroxylation is 3. The summed E-state index contributed by atoms with van der Waals surface area (Å²) in [6, 6.07) is 16.6. The predicted octanol–water partition coefficient (Wildman–Crippen LogP) is 4.83. The molecule has 3 heterocycles. The van der Waals surface area contributed by atoms with Gasteiger partial charge < -0.3 is 19.0 Å². The molecule has 1 N–H and O–H groups in total. The molecule has 2 aromatic carbocycles. The molecule has 206 valence electrons. The molecule has 4 aromatic rings. The van der Waals surface area contributed by atoms with Crippen LogP contribution in [0.15, 0.2) is 54.6 Å². The second-order valence-corrected chi connectivity index (χ2v) is 10.1. The van der Waals surface area contributed by atoms with Gasteiger partial charge in [0, 0.05) is 36.5 Å². The lowest BCUT2D eigenvalue weighted by Crippen LogP contribution is -2.13. The number of hydrogen-bond donors (Lipinski definition) is 1. The second-order valence-electron chi connectivity index (χ2n) is 10.1. The Labute approximate surface area is 232 Å². The Morgan fingerprint density at radius 2 is 1.30 bits per heavy atom. The van der Waals surface area contributed by atoms with Gasteiger partial charge in [-0.15, -0.1) is 0 Å². The van der Waals surface area contributed by atoms with E-state index >= 15 is 0 Å². The highest BCUT2D eigenvalue weighted by Gasteiger charge is 2.31. The van der Waals surface area contributed by atoms with E-state index in [0.717, 1.165) is 27.9 Å². The number of hydrogen-bond acceptors (Lipinski definition) is 5. The third-order valence-corrected chi connectivity index (χ3v) is 7.14. The maximum absolute atomic E-state index is 12.6. The summed E-state index contributed by atoms with van der Waals surface area (Å²) in [5, 5.41) is 8.88. The van der Waals surface area contributed by atoms with Gasteiger partial charge in [0.2, 0.25) is 11.6 Å². The van der Waals surface area contributed by atoms with Crippen molar-refractivity contribution in [2.24, 2.45) is 14.1 Å². The summed E-state index contributed by atoms with van der Waals surface area (Å²) in [6.45, 7) is 7.59. The van der Waals surface area contributed by atoms with Crippen LogP contribution in [0.1, 0.15) is 65.7 Å². The summed E-state index contributed by atoms with van der Waals surface area (Å²) in [5.41, 5.74) is 7.54. The molecule has 5 rings (SSSR count). The summed E-state index contributed by atoms with van der Waals surface area (Å²) in [5.74, 6) is -0.743. The molecule has 0 fully saturated rings. The molecule has 1 aliphatic rings. The van der Waals surface area contributed by atoms with Gasteiger partial charge in [0.25, 0.3) is 0 Å². The van der Waals surface area contributed by atoms with E-state index in [-0.39, 0.29) is 30.4 Å². The number of carboxylic acid groups (broad SMARTS) is 1.